The van der Waals surface area contributed by atoms with Gasteiger partial charge in [-0.2, -0.15) is 8.42 Å². The zero-order chi connectivity index (χ0) is 32.3. The van der Waals surface area contributed by atoms with Crippen LogP contribution in [0.5, 0.6) is 0 Å². The molecule has 10 unspecified atom stereocenters. The van der Waals surface area contributed by atoms with Gasteiger partial charge in [-0.25, -0.2) is 8.75 Å². The van der Waals surface area contributed by atoms with Gasteiger partial charge >= 0.3 is 7.82 Å². The molecule has 3 N–H and O–H groups in total. The lowest BCUT2D eigenvalue weighted by Crippen LogP contribution is -2.59. The summed E-state index contributed by atoms with van der Waals surface area (Å²) >= 11 is 0. The first-order valence-corrected chi connectivity index (χ1v) is 19.8. The van der Waals surface area contributed by atoms with Gasteiger partial charge in [0.1, 0.15) is 0 Å². The summed E-state index contributed by atoms with van der Waals surface area (Å²) in [7, 11) is -8.93. The molecule has 4 fully saturated rings. The highest BCUT2D eigenvalue weighted by Crippen LogP contribution is 2.68. The van der Waals surface area contributed by atoms with Gasteiger partial charge in [0.15, 0.2) is 6.79 Å². The molecule has 4 rings (SSSR count). The summed E-state index contributed by atoms with van der Waals surface area (Å²) in [6.07, 6.45) is 11.3. The molecule has 256 valence electrons. The molecule has 4 saturated carbocycles. The van der Waals surface area contributed by atoms with Crippen molar-refractivity contribution in [1.82, 2.24) is 5.32 Å². The van der Waals surface area contributed by atoms with Gasteiger partial charge in [-0.15, -0.1) is 0 Å². The second-order valence-electron chi connectivity index (χ2n) is 14.3. The third-order valence-electron chi connectivity index (χ3n) is 12.1. The Balaban J connectivity index is 1.32. The van der Waals surface area contributed by atoms with E-state index >= 15 is 0 Å². The molecule has 0 aromatic carbocycles. The maximum absolute atomic E-state index is 12.6. The highest BCUT2D eigenvalue weighted by molar-refractivity contribution is 7.86. The first-order chi connectivity index (χ1) is 20.6. The number of phosphoric acid groups is 1. The molecule has 0 spiro atoms. The molecule has 0 bridgehead atoms. The SMILES string of the molecule is CCOC1CCC2(C)C(C1)CC(OCC)C1C2CCC2(C)C(C(C)CCC(=O)NCCS(=O)(=O)OCOP(=O)(O)O)CCC12. The van der Waals surface area contributed by atoms with Crippen molar-refractivity contribution in [3.8, 4) is 0 Å². The zero-order valence-corrected chi connectivity index (χ0v) is 29.0. The first-order valence-electron chi connectivity index (χ1n) is 16.7. The lowest BCUT2D eigenvalue weighted by atomic mass is 9.43. The molecule has 0 heterocycles. The fourth-order valence-corrected chi connectivity index (χ4v) is 11.0. The van der Waals surface area contributed by atoms with Crippen molar-refractivity contribution in [1.29, 1.82) is 0 Å². The van der Waals surface area contributed by atoms with Gasteiger partial charge in [-0.3, -0.25) is 9.32 Å². The molecule has 10 atom stereocenters. The highest BCUT2D eigenvalue weighted by Gasteiger charge is 2.63. The predicted octanol–water partition coefficient (Wildman–Crippen LogP) is 5.01. The van der Waals surface area contributed by atoms with Gasteiger partial charge in [0.05, 0.1) is 18.0 Å². The molecule has 0 saturated heterocycles. The fraction of sp³-hybridized carbons (Fsp3) is 0.968. The first kappa shape index (κ1) is 36.2. The Morgan fingerprint density at radius 2 is 1.68 bits per heavy atom. The van der Waals surface area contributed by atoms with Crippen LogP contribution in [0.3, 0.4) is 0 Å². The summed E-state index contributed by atoms with van der Waals surface area (Å²) in [4.78, 5) is 29.9. The summed E-state index contributed by atoms with van der Waals surface area (Å²) < 4.78 is 55.6. The molecule has 0 aromatic heterocycles. The molecule has 1 amide bonds. The van der Waals surface area contributed by atoms with E-state index in [2.05, 4.69) is 48.6 Å². The topological polar surface area (TPSA) is 158 Å². The second kappa shape index (κ2) is 14.7. The van der Waals surface area contributed by atoms with Crippen molar-refractivity contribution in [2.45, 2.75) is 111 Å². The lowest BCUT2D eigenvalue weighted by Gasteiger charge is -2.63. The molecule has 0 aromatic rings. The van der Waals surface area contributed by atoms with E-state index in [-0.39, 0.29) is 17.9 Å². The molecule has 4 aliphatic carbocycles. The number of ether oxygens (including phenoxy) is 2. The standard InChI is InChI=1S/C31H56NO10PS/c1-6-39-23-12-14-30(4)22(18-23)19-27(40-7-2)29-25-10-9-24(31(25,5)15-13-26(29)30)21(3)8-11-28(33)32-16-17-44(37,38)42-20-41-43(34,35)36/h21-27,29H,6-20H2,1-5H3,(H,32,33)(H2,34,35,36). The van der Waals surface area contributed by atoms with E-state index in [1.807, 2.05) is 0 Å². The summed E-state index contributed by atoms with van der Waals surface area (Å²) in [5, 5.41) is 2.64. The number of nitrogens with one attached hydrogen (secondary N) is 1. The van der Waals surface area contributed by atoms with Gasteiger partial charge < -0.3 is 24.6 Å². The Morgan fingerprint density at radius 3 is 2.36 bits per heavy atom. The van der Waals surface area contributed by atoms with Crippen molar-refractivity contribution in [2.24, 2.45) is 46.3 Å². The number of fused-ring (bicyclic) bond motifs is 5. The van der Waals surface area contributed by atoms with Gasteiger partial charge in [0.25, 0.3) is 10.1 Å². The third-order valence-corrected chi connectivity index (χ3v) is 13.7. The van der Waals surface area contributed by atoms with Crippen molar-refractivity contribution >= 4 is 23.8 Å². The van der Waals surface area contributed by atoms with Crippen molar-refractivity contribution in [2.75, 3.05) is 32.3 Å². The molecule has 11 nitrogen and oxygen atoms in total. The number of phosphoric ester groups is 1. The Kier molecular flexibility index (Phi) is 12.1. The number of carbonyl (C=O) groups is 1. The Bertz CT molecular complexity index is 1130. The van der Waals surface area contributed by atoms with E-state index in [0.29, 0.717) is 59.6 Å². The summed E-state index contributed by atoms with van der Waals surface area (Å²) in [5.41, 5.74) is 0.568. The molecule has 44 heavy (non-hydrogen) atoms. The quantitative estimate of drug-likeness (QED) is 0.123. The van der Waals surface area contributed by atoms with E-state index in [1.165, 1.54) is 32.1 Å². The summed E-state index contributed by atoms with van der Waals surface area (Å²) in [6.45, 7) is 11.9. The molecular weight excluding hydrogens is 609 g/mol. The molecule has 0 aliphatic heterocycles. The number of amides is 1. The van der Waals surface area contributed by atoms with Crippen LogP contribution in [0.2, 0.25) is 0 Å². The average molecular weight is 666 g/mol. The van der Waals surface area contributed by atoms with Crippen LogP contribution in [0.15, 0.2) is 0 Å². The van der Waals surface area contributed by atoms with E-state index in [0.717, 1.165) is 38.9 Å². The molecular formula is C31H56NO10PS. The lowest BCUT2D eigenvalue weighted by molar-refractivity contribution is -0.190. The Morgan fingerprint density at radius 1 is 1.00 bits per heavy atom. The van der Waals surface area contributed by atoms with Crippen LogP contribution in [-0.4, -0.2) is 68.6 Å². The minimum atomic E-state index is -4.83. The molecule has 4 aliphatic rings. The minimum absolute atomic E-state index is 0.151. The van der Waals surface area contributed by atoms with Crippen molar-refractivity contribution in [3.05, 3.63) is 0 Å². The predicted molar refractivity (Wildman–Crippen MR) is 166 cm³/mol. The van der Waals surface area contributed by atoms with Gasteiger partial charge in [-0.1, -0.05) is 20.8 Å². The van der Waals surface area contributed by atoms with Gasteiger partial charge in [0.2, 0.25) is 5.91 Å². The highest BCUT2D eigenvalue weighted by atomic mass is 32.2. The van der Waals surface area contributed by atoms with Crippen LogP contribution in [0.4, 0.5) is 0 Å². The average Bonchev–Trinajstić information content (AvgIpc) is 3.29. The Labute approximate surface area is 264 Å². The number of carbonyl (C=O) groups excluding carboxylic acids is 1. The maximum Gasteiger partial charge on any atom is 0.471 e. The van der Waals surface area contributed by atoms with Crippen LogP contribution >= 0.6 is 7.82 Å². The van der Waals surface area contributed by atoms with Crippen molar-refractivity contribution in [3.63, 3.8) is 0 Å². The summed E-state index contributed by atoms with van der Waals surface area (Å²) in [5.74, 6) is 2.70. The number of rotatable bonds is 15. The van der Waals surface area contributed by atoms with Crippen LogP contribution in [0, 0.1) is 46.3 Å². The molecule has 13 heteroatoms. The Hall–Kier alpha value is -0.590. The second-order valence-corrected chi connectivity index (χ2v) is 17.3. The number of hydrogen-bond donors (Lipinski definition) is 3. The van der Waals surface area contributed by atoms with Crippen LogP contribution in [0.25, 0.3) is 0 Å². The smallest absolute Gasteiger partial charge is 0.378 e. The van der Waals surface area contributed by atoms with Gasteiger partial charge in [-0.05, 0) is 118 Å². The van der Waals surface area contributed by atoms with Crippen LogP contribution in [-0.2, 0) is 37.7 Å². The van der Waals surface area contributed by atoms with Gasteiger partial charge in [0, 0.05) is 26.2 Å². The number of hydrogen-bond acceptors (Lipinski definition) is 8. The van der Waals surface area contributed by atoms with E-state index in [9.17, 15) is 17.8 Å². The van der Waals surface area contributed by atoms with Crippen molar-refractivity contribution < 1.29 is 45.7 Å². The van der Waals surface area contributed by atoms with Crippen LogP contribution in [0.1, 0.15) is 98.8 Å². The monoisotopic (exact) mass is 665 g/mol. The normalized spacial score (nSPS) is 37.9. The van der Waals surface area contributed by atoms with E-state index < -0.39 is 30.5 Å². The maximum atomic E-state index is 12.6. The van der Waals surface area contributed by atoms with E-state index in [4.69, 9.17) is 19.3 Å². The summed E-state index contributed by atoms with van der Waals surface area (Å²) in [6, 6.07) is 0. The van der Waals surface area contributed by atoms with Crippen LogP contribution < -0.4 is 5.32 Å². The van der Waals surface area contributed by atoms with E-state index in [1.54, 1.807) is 0 Å². The fourth-order valence-electron chi connectivity index (χ4n) is 10.1. The zero-order valence-electron chi connectivity index (χ0n) is 27.2. The minimum Gasteiger partial charge on any atom is -0.378 e. The molecule has 0 radical (unpaired) electrons. The largest absolute Gasteiger partial charge is 0.471 e. The third kappa shape index (κ3) is 8.27.